The van der Waals surface area contributed by atoms with Crippen LogP contribution < -0.4 is 0 Å². The highest BCUT2D eigenvalue weighted by atomic mass is 16.6. The molecular weight excluding hydrogens is 290 g/mol. The molecule has 3 rings (SSSR count). The first-order valence-electron chi connectivity index (χ1n) is 7.80. The fourth-order valence-electron chi connectivity index (χ4n) is 2.86. The summed E-state index contributed by atoms with van der Waals surface area (Å²) >= 11 is 0. The van der Waals surface area contributed by atoms with Crippen molar-refractivity contribution in [2.24, 2.45) is 0 Å². The largest absolute Gasteiger partial charge is 0.445 e. The molecule has 0 saturated carbocycles. The second-order valence-corrected chi connectivity index (χ2v) is 5.62. The van der Waals surface area contributed by atoms with Crippen LogP contribution in [-0.2, 0) is 16.1 Å². The molecule has 118 valence electrons. The third kappa shape index (κ3) is 3.59. The number of piperidine rings is 1. The van der Waals surface area contributed by atoms with E-state index in [0.717, 1.165) is 11.1 Å². The Bertz CT molecular complexity index is 670. The molecule has 4 nitrogen and oxygen atoms in total. The van der Waals surface area contributed by atoms with Crippen LogP contribution in [0.2, 0.25) is 0 Å². The molecule has 2 aromatic carbocycles. The van der Waals surface area contributed by atoms with Gasteiger partial charge in [0, 0.05) is 13.0 Å². The molecule has 1 amide bonds. The van der Waals surface area contributed by atoms with E-state index in [1.807, 2.05) is 60.7 Å². The fourth-order valence-corrected chi connectivity index (χ4v) is 2.86. The number of likely N-dealkylation sites (tertiary alicyclic amines) is 1. The van der Waals surface area contributed by atoms with Crippen LogP contribution in [0.15, 0.2) is 60.7 Å². The molecule has 0 bridgehead atoms. The number of benzene rings is 2. The van der Waals surface area contributed by atoms with Gasteiger partial charge in [-0.05, 0) is 17.5 Å². The highest BCUT2D eigenvalue weighted by Gasteiger charge is 2.34. The van der Waals surface area contributed by atoms with Crippen molar-refractivity contribution in [1.29, 1.82) is 0 Å². The number of carbonyl (C=O) groups excluding carboxylic acids is 2. The van der Waals surface area contributed by atoms with Gasteiger partial charge >= 0.3 is 6.09 Å². The highest BCUT2D eigenvalue weighted by Crippen LogP contribution is 2.28. The third-order valence-corrected chi connectivity index (χ3v) is 3.99. The smallest absolute Gasteiger partial charge is 0.410 e. The molecule has 4 heteroatoms. The summed E-state index contributed by atoms with van der Waals surface area (Å²) in [5, 5.41) is 0. The normalized spacial score (nSPS) is 17.8. The minimum atomic E-state index is -0.534. The van der Waals surface area contributed by atoms with Crippen molar-refractivity contribution >= 4 is 11.9 Å². The number of hydrogen-bond acceptors (Lipinski definition) is 3. The lowest BCUT2D eigenvalue weighted by Crippen LogP contribution is -2.43. The molecule has 1 aliphatic heterocycles. The molecule has 0 aromatic heterocycles. The van der Waals surface area contributed by atoms with E-state index < -0.39 is 12.1 Å². The fraction of sp³-hybridized carbons (Fsp3) is 0.263. The zero-order chi connectivity index (χ0) is 16.1. The van der Waals surface area contributed by atoms with E-state index in [4.69, 9.17) is 4.74 Å². The maximum atomic E-state index is 12.5. The third-order valence-electron chi connectivity index (χ3n) is 3.99. The van der Waals surface area contributed by atoms with E-state index in [0.29, 0.717) is 19.4 Å². The first-order chi connectivity index (χ1) is 11.3. The summed E-state index contributed by atoms with van der Waals surface area (Å²) in [7, 11) is 0. The Kier molecular flexibility index (Phi) is 4.71. The van der Waals surface area contributed by atoms with Crippen molar-refractivity contribution < 1.29 is 14.3 Å². The lowest BCUT2D eigenvalue weighted by Gasteiger charge is -2.34. The number of Topliss-reactive ketones (excluding diaryl/α,β-unsaturated/α-hetero) is 1. The maximum absolute atomic E-state index is 12.5. The SMILES string of the molecule is O=C1CCCN(C(=O)OCc2ccccc2)C1c1ccccc1. The van der Waals surface area contributed by atoms with Crippen LogP contribution in [0.4, 0.5) is 4.79 Å². The zero-order valence-electron chi connectivity index (χ0n) is 12.9. The Morgan fingerprint density at radius 3 is 2.39 bits per heavy atom. The van der Waals surface area contributed by atoms with Gasteiger partial charge in [0.25, 0.3) is 0 Å². The van der Waals surface area contributed by atoms with Gasteiger partial charge in [0.05, 0.1) is 0 Å². The van der Waals surface area contributed by atoms with Gasteiger partial charge in [0.15, 0.2) is 5.78 Å². The quantitative estimate of drug-likeness (QED) is 0.868. The van der Waals surface area contributed by atoms with Crippen molar-refractivity contribution in [3.8, 4) is 0 Å². The molecule has 23 heavy (non-hydrogen) atoms. The maximum Gasteiger partial charge on any atom is 0.410 e. The van der Waals surface area contributed by atoms with Crippen LogP contribution in [0, 0.1) is 0 Å². The molecule has 0 N–H and O–H groups in total. The van der Waals surface area contributed by atoms with Crippen LogP contribution >= 0.6 is 0 Å². The first kappa shape index (κ1) is 15.3. The predicted molar refractivity (Wildman–Crippen MR) is 86.8 cm³/mol. The Balaban J connectivity index is 1.73. The predicted octanol–water partition coefficient (Wildman–Crippen LogP) is 3.73. The van der Waals surface area contributed by atoms with Gasteiger partial charge in [0.1, 0.15) is 12.6 Å². The summed E-state index contributed by atoms with van der Waals surface area (Å²) in [6.07, 6.45) is 0.751. The van der Waals surface area contributed by atoms with Crippen molar-refractivity contribution in [3.05, 3.63) is 71.8 Å². The summed E-state index contributed by atoms with van der Waals surface area (Å²) in [6, 6.07) is 18.4. The van der Waals surface area contributed by atoms with Crippen molar-refractivity contribution in [2.75, 3.05) is 6.54 Å². The molecule has 0 spiro atoms. The topological polar surface area (TPSA) is 46.6 Å². The van der Waals surface area contributed by atoms with Gasteiger partial charge in [-0.1, -0.05) is 60.7 Å². The van der Waals surface area contributed by atoms with Crippen molar-refractivity contribution in [3.63, 3.8) is 0 Å². The number of carbonyl (C=O) groups is 2. The van der Waals surface area contributed by atoms with Gasteiger partial charge in [-0.3, -0.25) is 9.69 Å². The molecule has 1 unspecified atom stereocenters. The summed E-state index contributed by atoms with van der Waals surface area (Å²) in [6.45, 7) is 0.755. The molecule has 1 saturated heterocycles. The molecule has 0 aliphatic carbocycles. The van der Waals surface area contributed by atoms with Crippen LogP contribution in [0.25, 0.3) is 0 Å². The highest BCUT2D eigenvalue weighted by molar-refractivity contribution is 5.89. The average molecular weight is 309 g/mol. The standard InChI is InChI=1S/C19H19NO3/c21-17-12-7-13-20(18(17)16-10-5-2-6-11-16)19(22)23-14-15-8-3-1-4-9-15/h1-6,8-11,18H,7,12-14H2. The number of ether oxygens (including phenoxy) is 1. The van der Waals surface area contributed by atoms with Gasteiger partial charge in [0.2, 0.25) is 0 Å². The second-order valence-electron chi connectivity index (χ2n) is 5.62. The van der Waals surface area contributed by atoms with Crippen LogP contribution in [0.5, 0.6) is 0 Å². The summed E-state index contributed by atoms with van der Waals surface area (Å²) in [5.74, 6) is 0.0686. The number of nitrogens with zero attached hydrogens (tertiary/aromatic N) is 1. The molecule has 1 fully saturated rings. The minimum Gasteiger partial charge on any atom is -0.445 e. The molecular formula is C19H19NO3. The van der Waals surface area contributed by atoms with E-state index in [9.17, 15) is 9.59 Å². The molecule has 0 radical (unpaired) electrons. The Hall–Kier alpha value is -2.62. The zero-order valence-corrected chi connectivity index (χ0v) is 12.9. The van der Waals surface area contributed by atoms with Crippen LogP contribution in [-0.4, -0.2) is 23.3 Å². The van der Waals surface area contributed by atoms with Gasteiger partial charge < -0.3 is 4.74 Å². The van der Waals surface area contributed by atoms with Crippen molar-refractivity contribution in [1.82, 2.24) is 4.90 Å². The molecule has 1 atom stereocenters. The summed E-state index contributed by atoms with van der Waals surface area (Å²) < 4.78 is 5.40. The molecule has 1 heterocycles. The van der Waals surface area contributed by atoms with Crippen LogP contribution in [0.1, 0.15) is 30.0 Å². The summed E-state index contributed by atoms with van der Waals surface area (Å²) in [5.41, 5.74) is 1.77. The van der Waals surface area contributed by atoms with E-state index in [2.05, 4.69) is 0 Å². The summed E-state index contributed by atoms with van der Waals surface area (Å²) in [4.78, 5) is 26.3. The lowest BCUT2D eigenvalue weighted by molar-refractivity contribution is -0.126. The minimum absolute atomic E-state index is 0.0686. The monoisotopic (exact) mass is 309 g/mol. The van der Waals surface area contributed by atoms with Crippen molar-refractivity contribution in [2.45, 2.75) is 25.5 Å². The van der Waals surface area contributed by atoms with Gasteiger partial charge in [-0.15, -0.1) is 0 Å². The van der Waals surface area contributed by atoms with E-state index >= 15 is 0 Å². The van der Waals surface area contributed by atoms with E-state index in [1.54, 1.807) is 4.90 Å². The first-order valence-corrected chi connectivity index (χ1v) is 7.80. The Morgan fingerprint density at radius 2 is 1.70 bits per heavy atom. The number of rotatable bonds is 3. The lowest BCUT2D eigenvalue weighted by atomic mass is 9.94. The van der Waals surface area contributed by atoms with Gasteiger partial charge in [-0.2, -0.15) is 0 Å². The van der Waals surface area contributed by atoms with E-state index in [-0.39, 0.29) is 12.4 Å². The van der Waals surface area contributed by atoms with Crippen LogP contribution in [0.3, 0.4) is 0 Å². The van der Waals surface area contributed by atoms with E-state index in [1.165, 1.54) is 0 Å². The molecule has 1 aliphatic rings. The average Bonchev–Trinajstić information content (AvgIpc) is 2.61. The number of amides is 1. The Labute approximate surface area is 135 Å². The second kappa shape index (κ2) is 7.09. The number of hydrogen-bond donors (Lipinski definition) is 0. The number of ketones is 1. The Morgan fingerprint density at radius 1 is 1.04 bits per heavy atom. The van der Waals surface area contributed by atoms with Gasteiger partial charge in [-0.25, -0.2) is 4.79 Å². The molecule has 2 aromatic rings.